The van der Waals surface area contributed by atoms with E-state index in [0.717, 1.165) is 10.9 Å². The Balaban J connectivity index is 1.95. The van der Waals surface area contributed by atoms with Gasteiger partial charge in [-0.05, 0) is 42.8 Å². The van der Waals surface area contributed by atoms with Crippen LogP contribution in [0.25, 0.3) is 10.9 Å². The molecule has 112 valence electrons. The third-order valence-electron chi connectivity index (χ3n) is 3.60. The van der Waals surface area contributed by atoms with Gasteiger partial charge in [-0.3, -0.25) is 9.78 Å². The third-order valence-corrected chi connectivity index (χ3v) is 3.60. The third kappa shape index (κ3) is 2.70. The highest BCUT2D eigenvalue weighted by Crippen LogP contribution is 2.28. The van der Waals surface area contributed by atoms with Gasteiger partial charge in [-0.15, -0.1) is 0 Å². The minimum Gasteiger partial charge on any atom is -0.505 e. The number of aromatic hydroxyl groups is 1. The molecular weight excluding hydrogens is 290 g/mol. The second-order valence-corrected chi connectivity index (χ2v) is 5.13. The number of aryl methyl sites for hydroxylation is 1. The lowest BCUT2D eigenvalue weighted by molar-refractivity contribution is 0.102. The average molecular weight is 303 g/mol. The summed E-state index contributed by atoms with van der Waals surface area (Å²) in [5.74, 6) is -0.574. The molecule has 0 aliphatic rings. The zero-order valence-corrected chi connectivity index (χ0v) is 12.4. The first-order chi connectivity index (χ1) is 11.1. The molecule has 1 amide bonds. The van der Waals surface area contributed by atoms with Crippen LogP contribution in [0.1, 0.15) is 21.5 Å². The lowest BCUT2D eigenvalue weighted by Gasteiger charge is -2.10. The summed E-state index contributed by atoms with van der Waals surface area (Å²) in [6, 6.07) is 13.9. The Hall–Kier alpha value is -3.39. The van der Waals surface area contributed by atoms with Gasteiger partial charge in [-0.2, -0.15) is 5.26 Å². The van der Waals surface area contributed by atoms with Crippen molar-refractivity contribution in [2.75, 3.05) is 5.32 Å². The summed E-state index contributed by atoms with van der Waals surface area (Å²) in [6.45, 7) is 1.80. The Morgan fingerprint density at radius 2 is 2.09 bits per heavy atom. The molecule has 0 aliphatic carbocycles. The van der Waals surface area contributed by atoms with Gasteiger partial charge in [-0.1, -0.05) is 12.1 Å². The van der Waals surface area contributed by atoms with E-state index in [9.17, 15) is 9.90 Å². The van der Waals surface area contributed by atoms with Crippen molar-refractivity contribution in [1.82, 2.24) is 4.98 Å². The fourth-order valence-electron chi connectivity index (χ4n) is 2.38. The Morgan fingerprint density at radius 3 is 2.83 bits per heavy atom. The van der Waals surface area contributed by atoms with E-state index in [-0.39, 0.29) is 11.3 Å². The number of rotatable bonds is 2. The molecule has 3 rings (SSSR count). The first-order valence-electron chi connectivity index (χ1n) is 6.99. The smallest absolute Gasteiger partial charge is 0.259 e. The Labute approximate surface area is 132 Å². The predicted octanol–water partition coefficient (Wildman–Crippen LogP) is 3.37. The molecule has 0 unspecified atom stereocenters. The van der Waals surface area contributed by atoms with E-state index in [2.05, 4.69) is 10.3 Å². The first kappa shape index (κ1) is 14.5. The van der Waals surface area contributed by atoms with Crippen LogP contribution in [-0.4, -0.2) is 16.0 Å². The van der Waals surface area contributed by atoms with Gasteiger partial charge in [0.25, 0.3) is 5.91 Å². The molecule has 1 aromatic heterocycles. The van der Waals surface area contributed by atoms with Crippen LogP contribution in [0.5, 0.6) is 5.75 Å². The highest BCUT2D eigenvalue weighted by atomic mass is 16.3. The number of carbonyl (C=O) groups excluding carboxylic acids is 1. The van der Waals surface area contributed by atoms with Crippen LogP contribution in [0.2, 0.25) is 0 Å². The minimum absolute atomic E-state index is 0.146. The van der Waals surface area contributed by atoms with E-state index in [1.807, 2.05) is 12.1 Å². The fourth-order valence-corrected chi connectivity index (χ4v) is 2.38. The Kier molecular flexibility index (Phi) is 3.65. The molecular formula is C18H13N3O2. The van der Waals surface area contributed by atoms with Crippen molar-refractivity contribution < 1.29 is 9.90 Å². The van der Waals surface area contributed by atoms with Crippen molar-refractivity contribution in [3.05, 3.63) is 65.4 Å². The molecule has 0 aliphatic heterocycles. The summed E-state index contributed by atoms with van der Waals surface area (Å²) < 4.78 is 0. The quantitative estimate of drug-likeness (QED) is 0.760. The van der Waals surface area contributed by atoms with Gasteiger partial charge in [-0.25, -0.2) is 0 Å². The van der Waals surface area contributed by atoms with Crippen LogP contribution in [0, 0.1) is 18.3 Å². The van der Waals surface area contributed by atoms with Crippen LogP contribution in [0.4, 0.5) is 5.69 Å². The Morgan fingerprint density at radius 1 is 1.26 bits per heavy atom. The number of hydrogen-bond acceptors (Lipinski definition) is 4. The monoisotopic (exact) mass is 303 g/mol. The lowest BCUT2D eigenvalue weighted by Crippen LogP contribution is -2.13. The number of carbonyl (C=O) groups is 1. The number of phenols is 1. The number of nitrogens with one attached hydrogen (secondary N) is 1. The summed E-state index contributed by atoms with van der Waals surface area (Å²) in [5.41, 5.74) is 2.43. The van der Waals surface area contributed by atoms with Crippen LogP contribution >= 0.6 is 0 Å². The number of benzene rings is 2. The fraction of sp³-hybridized carbons (Fsp3) is 0.0556. The van der Waals surface area contributed by atoms with Crippen molar-refractivity contribution in [2.45, 2.75) is 6.92 Å². The molecule has 2 N–H and O–H groups in total. The standard InChI is InChI=1S/C18H13N3O2/c1-11-9-12(10-19)4-7-15(11)21-18(23)14-6-5-13-3-2-8-20-16(13)17(14)22/h2-9,22H,1H3,(H,21,23). The van der Waals surface area contributed by atoms with Crippen molar-refractivity contribution in [3.8, 4) is 11.8 Å². The van der Waals surface area contributed by atoms with Gasteiger partial charge in [0, 0.05) is 17.3 Å². The molecule has 0 saturated heterocycles. The van der Waals surface area contributed by atoms with Crippen LogP contribution in [0.15, 0.2) is 48.7 Å². The molecule has 0 atom stereocenters. The summed E-state index contributed by atoms with van der Waals surface area (Å²) in [7, 11) is 0. The van der Waals surface area contributed by atoms with Gasteiger partial charge in [0.15, 0.2) is 5.75 Å². The number of phenolic OH excluding ortho intramolecular Hbond substituents is 1. The maximum absolute atomic E-state index is 12.4. The number of anilines is 1. The van der Waals surface area contributed by atoms with Crippen molar-refractivity contribution in [2.24, 2.45) is 0 Å². The number of aromatic nitrogens is 1. The van der Waals surface area contributed by atoms with Gasteiger partial charge in [0.1, 0.15) is 5.52 Å². The normalized spacial score (nSPS) is 10.3. The number of nitriles is 1. The summed E-state index contributed by atoms with van der Waals surface area (Å²) in [5, 5.41) is 22.7. The maximum Gasteiger partial charge on any atom is 0.259 e. The Bertz CT molecular complexity index is 958. The topological polar surface area (TPSA) is 86.0 Å². The average Bonchev–Trinajstić information content (AvgIpc) is 2.57. The second-order valence-electron chi connectivity index (χ2n) is 5.13. The van der Waals surface area contributed by atoms with Crippen LogP contribution in [-0.2, 0) is 0 Å². The molecule has 1 heterocycles. The lowest BCUT2D eigenvalue weighted by atomic mass is 10.1. The summed E-state index contributed by atoms with van der Waals surface area (Å²) in [4.78, 5) is 16.5. The van der Waals surface area contributed by atoms with Gasteiger partial charge < -0.3 is 10.4 Å². The molecule has 23 heavy (non-hydrogen) atoms. The highest BCUT2D eigenvalue weighted by molar-refractivity contribution is 6.09. The van der Waals surface area contributed by atoms with Crippen molar-refractivity contribution in [1.29, 1.82) is 5.26 Å². The largest absolute Gasteiger partial charge is 0.505 e. The maximum atomic E-state index is 12.4. The van der Waals surface area contributed by atoms with E-state index in [1.165, 1.54) is 0 Å². The van der Waals surface area contributed by atoms with Gasteiger partial charge in [0.2, 0.25) is 0 Å². The van der Waals surface area contributed by atoms with Gasteiger partial charge in [0.05, 0.1) is 17.2 Å². The molecule has 0 spiro atoms. The number of amides is 1. The molecule has 0 saturated carbocycles. The number of nitrogens with zero attached hydrogens (tertiary/aromatic N) is 2. The zero-order valence-electron chi connectivity index (χ0n) is 12.4. The van der Waals surface area contributed by atoms with E-state index >= 15 is 0 Å². The number of pyridine rings is 1. The van der Waals surface area contributed by atoms with E-state index in [4.69, 9.17) is 5.26 Å². The van der Waals surface area contributed by atoms with Gasteiger partial charge >= 0.3 is 0 Å². The summed E-state index contributed by atoms with van der Waals surface area (Å²) >= 11 is 0. The summed E-state index contributed by atoms with van der Waals surface area (Å²) in [6.07, 6.45) is 1.56. The molecule has 5 heteroatoms. The van der Waals surface area contributed by atoms with Crippen molar-refractivity contribution in [3.63, 3.8) is 0 Å². The zero-order chi connectivity index (χ0) is 16.4. The number of fused-ring (bicyclic) bond motifs is 1. The molecule has 0 radical (unpaired) electrons. The first-order valence-corrected chi connectivity index (χ1v) is 6.99. The predicted molar refractivity (Wildman–Crippen MR) is 87.3 cm³/mol. The van der Waals surface area contributed by atoms with E-state index < -0.39 is 5.91 Å². The highest BCUT2D eigenvalue weighted by Gasteiger charge is 2.15. The van der Waals surface area contributed by atoms with Crippen LogP contribution in [0.3, 0.4) is 0 Å². The SMILES string of the molecule is Cc1cc(C#N)ccc1NC(=O)c1ccc2cccnc2c1O. The van der Waals surface area contributed by atoms with Crippen LogP contribution < -0.4 is 5.32 Å². The number of hydrogen-bond donors (Lipinski definition) is 2. The second kappa shape index (κ2) is 5.78. The molecule has 3 aromatic rings. The van der Waals surface area contributed by atoms with E-state index in [1.54, 1.807) is 49.5 Å². The molecule has 0 bridgehead atoms. The molecule has 5 nitrogen and oxygen atoms in total. The van der Waals surface area contributed by atoms with Crippen molar-refractivity contribution >= 4 is 22.5 Å². The molecule has 2 aromatic carbocycles. The minimum atomic E-state index is -0.428. The molecule has 0 fully saturated rings. The van der Waals surface area contributed by atoms with E-state index in [0.29, 0.717) is 16.8 Å².